The van der Waals surface area contributed by atoms with E-state index in [1.807, 2.05) is 30.5 Å². The molecule has 1 aromatic heterocycles. The van der Waals surface area contributed by atoms with Crippen LogP contribution in [-0.4, -0.2) is 16.2 Å². The van der Waals surface area contributed by atoms with Crippen LogP contribution in [0.5, 0.6) is 0 Å². The van der Waals surface area contributed by atoms with Crippen molar-refractivity contribution < 1.29 is 5.11 Å². The van der Waals surface area contributed by atoms with E-state index in [1.54, 1.807) is 0 Å². The summed E-state index contributed by atoms with van der Waals surface area (Å²) in [5.41, 5.74) is 3.74. The second-order valence-electron chi connectivity index (χ2n) is 5.03. The predicted molar refractivity (Wildman–Crippen MR) is 71.3 cm³/mol. The van der Waals surface area contributed by atoms with Gasteiger partial charge in [-0.25, -0.2) is 0 Å². The molecule has 0 saturated carbocycles. The first-order valence-corrected chi connectivity index (χ1v) is 6.47. The molecule has 0 spiro atoms. The number of aliphatic hydroxyl groups is 1. The lowest BCUT2D eigenvalue weighted by Gasteiger charge is -2.29. The van der Waals surface area contributed by atoms with E-state index in [0.29, 0.717) is 0 Å². The summed E-state index contributed by atoms with van der Waals surface area (Å²) < 4.78 is 0. The molecule has 1 aliphatic rings. The molecule has 2 heteroatoms. The molecule has 1 aromatic carbocycles. The zero-order valence-corrected chi connectivity index (χ0v) is 10.3. The van der Waals surface area contributed by atoms with Gasteiger partial charge in [-0.2, -0.15) is 0 Å². The summed E-state index contributed by atoms with van der Waals surface area (Å²) in [5, 5.41) is 10.2. The molecule has 3 rings (SSSR count). The zero-order chi connectivity index (χ0) is 12.4. The number of nitrogens with zero attached hydrogens (tertiary/aromatic N) is 1. The molecule has 0 fully saturated rings. The maximum atomic E-state index is 10.2. The number of rotatable bonds is 2. The fraction of sp³-hybridized carbons (Fsp3) is 0.312. The van der Waals surface area contributed by atoms with Gasteiger partial charge in [-0.1, -0.05) is 30.3 Å². The summed E-state index contributed by atoms with van der Waals surface area (Å²) in [5.74, 6) is 0.287. The van der Waals surface area contributed by atoms with Crippen molar-refractivity contribution in [1.29, 1.82) is 0 Å². The molecule has 18 heavy (non-hydrogen) atoms. The van der Waals surface area contributed by atoms with E-state index >= 15 is 0 Å². The Morgan fingerprint density at radius 2 is 1.72 bits per heavy atom. The molecule has 2 aromatic rings. The monoisotopic (exact) mass is 239 g/mol. The highest BCUT2D eigenvalue weighted by Gasteiger charge is 2.26. The van der Waals surface area contributed by atoms with Crippen molar-refractivity contribution >= 4 is 0 Å². The minimum absolute atomic E-state index is 0.248. The van der Waals surface area contributed by atoms with Gasteiger partial charge in [0.2, 0.25) is 0 Å². The van der Waals surface area contributed by atoms with Crippen molar-refractivity contribution in [3.05, 3.63) is 65.5 Å². The molecule has 0 amide bonds. The fourth-order valence-electron chi connectivity index (χ4n) is 2.76. The molecule has 1 heterocycles. The van der Waals surface area contributed by atoms with Crippen molar-refractivity contribution in [3.63, 3.8) is 0 Å². The van der Waals surface area contributed by atoms with Gasteiger partial charge in [0.05, 0.1) is 6.10 Å². The molecular formula is C16H17NO. The summed E-state index contributed by atoms with van der Waals surface area (Å²) in [6.45, 7) is 0. The third-order valence-corrected chi connectivity index (χ3v) is 3.77. The average molecular weight is 239 g/mol. The first-order chi connectivity index (χ1) is 8.83. The molecule has 1 N–H and O–H groups in total. The van der Waals surface area contributed by atoms with Crippen molar-refractivity contribution in [2.75, 3.05) is 0 Å². The van der Waals surface area contributed by atoms with Crippen LogP contribution in [0.1, 0.15) is 16.8 Å². The van der Waals surface area contributed by atoms with Crippen LogP contribution in [0.25, 0.3) is 0 Å². The fourth-order valence-corrected chi connectivity index (χ4v) is 2.76. The lowest BCUT2D eigenvalue weighted by Crippen LogP contribution is -2.31. The van der Waals surface area contributed by atoms with Gasteiger partial charge in [0, 0.05) is 11.9 Å². The molecule has 2 nitrogen and oxygen atoms in total. The highest BCUT2D eigenvalue weighted by molar-refractivity contribution is 5.31. The molecule has 2 atom stereocenters. The largest absolute Gasteiger partial charge is 0.392 e. The summed E-state index contributed by atoms with van der Waals surface area (Å²) in [6.07, 6.45) is 4.15. The molecule has 92 valence electrons. The van der Waals surface area contributed by atoms with E-state index in [1.165, 1.54) is 11.1 Å². The van der Waals surface area contributed by atoms with E-state index in [-0.39, 0.29) is 12.0 Å². The second-order valence-corrected chi connectivity index (χ2v) is 5.03. The van der Waals surface area contributed by atoms with E-state index in [4.69, 9.17) is 0 Å². The number of aliphatic hydroxyl groups excluding tert-OH is 1. The van der Waals surface area contributed by atoms with Gasteiger partial charge in [-0.3, -0.25) is 4.98 Å². The number of hydrogen-bond donors (Lipinski definition) is 1. The third kappa shape index (κ3) is 2.29. The van der Waals surface area contributed by atoms with Crippen LogP contribution in [0.4, 0.5) is 0 Å². The van der Waals surface area contributed by atoms with E-state index in [9.17, 15) is 5.11 Å². The van der Waals surface area contributed by atoms with Crippen LogP contribution >= 0.6 is 0 Å². The summed E-state index contributed by atoms with van der Waals surface area (Å²) >= 11 is 0. The second kappa shape index (κ2) is 4.91. The number of benzene rings is 1. The molecule has 0 saturated heterocycles. The van der Waals surface area contributed by atoms with Gasteiger partial charge in [0.15, 0.2) is 0 Å². The minimum Gasteiger partial charge on any atom is -0.392 e. The van der Waals surface area contributed by atoms with Gasteiger partial charge in [-0.15, -0.1) is 0 Å². The maximum Gasteiger partial charge on any atom is 0.0615 e. The summed E-state index contributed by atoms with van der Waals surface area (Å²) in [6, 6.07) is 14.4. The Hall–Kier alpha value is -1.67. The Morgan fingerprint density at radius 1 is 1.00 bits per heavy atom. The minimum atomic E-state index is -0.248. The third-order valence-electron chi connectivity index (χ3n) is 3.77. The smallest absolute Gasteiger partial charge is 0.0615 e. The van der Waals surface area contributed by atoms with Crippen LogP contribution < -0.4 is 0 Å². The number of aromatic nitrogens is 1. The van der Waals surface area contributed by atoms with E-state index in [0.717, 1.165) is 25.0 Å². The number of fused-ring (bicyclic) bond motifs is 1. The van der Waals surface area contributed by atoms with Gasteiger partial charge in [-0.05, 0) is 48.4 Å². The first kappa shape index (κ1) is 11.4. The van der Waals surface area contributed by atoms with Crippen LogP contribution in [-0.2, 0) is 19.3 Å². The van der Waals surface area contributed by atoms with Gasteiger partial charge in [0.25, 0.3) is 0 Å². The quantitative estimate of drug-likeness (QED) is 0.873. The van der Waals surface area contributed by atoms with Crippen LogP contribution in [0.2, 0.25) is 0 Å². The van der Waals surface area contributed by atoms with Crippen LogP contribution in [0.15, 0.2) is 48.7 Å². The van der Waals surface area contributed by atoms with Crippen molar-refractivity contribution in [3.8, 4) is 0 Å². The summed E-state index contributed by atoms with van der Waals surface area (Å²) in [4.78, 5) is 4.35. The molecule has 0 unspecified atom stereocenters. The van der Waals surface area contributed by atoms with Crippen molar-refractivity contribution in [2.24, 2.45) is 5.92 Å². The highest BCUT2D eigenvalue weighted by Crippen LogP contribution is 2.27. The maximum absolute atomic E-state index is 10.2. The Labute approximate surface area is 107 Å². The Morgan fingerprint density at radius 3 is 2.44 bits per heavy atom. The van der Waals surface area contributed by atoms with Crippen molar-refractivity contribution in [1.82, 2.24) is 4.98 Å². The van der Waals surface area contributed by atoms with Gasteiger partial charge < -0.3 is 5.11 Å². The molecular weight excluding hydrogens is 222 g/mol. The van der Waals surface area contributed by atoms with Gasteiger partial charge >= 0.3 is 0 Å². The normalized spacial score (nSPS) is 22.5. The Bertz CT molecular complexity index is 524. The van der Waals surface area contributed by atoms with Crippen LogP contribution in [0.3, 0.4) is 0 Å². The first-order valence-electron chi connectivity index (χ1n) is 6.47. The molecule has 0 radical (unpaired) electrons. The Kier molecular flexibility index (Phi) is 3.11. The predicted octanol–water partition coefficient (Wildman–Crippen LogP) is 2.40. The molecule has 1 aliphatic carbocycles. The van der Waals surface area contributed by atoms with E-state index < -0.39 is 0 Å². The van der Waals surface area contributed by atoms with Gasteiger partial charge in [0.1, 0.15) is 0 Å². The average Bonchev–Trinajstić information content (AvgIpc) is 2.41. The lowest BCUT2D eigenvalue weighted by atomic mass is 9.79. The van der Waals surface area contributed by atoms with E-state index in [2.05, 4.69) is 23.2 Å². The number of hydrogen-bond acceptors (Lipinski definition) is 2. The molecule has 0 aliphatic heterocycles. The molecule has 0 bridgehead atoms. The highest BCUT2D eigenvalue weighted by atomic mass is 16.3. The SMILES string of the molecule is O[C@@H]1Cc2ccccc2C[C@H]1Cc1ccccn1. The van der Waals surface area contributed by atoms with Crippen LogP contribution in [0, 0.1) is 5.92 Å². The lowest BCUT2D eigenvalue weighted by molar-refractivity contribution is 0.0989. The Balaban J connectivity index is 1.79. The number of pyridine rings is 1. The standard InChI is InChI=1S/C16H17NO/c18-16-11-13-6-2-1-5-12(13)9-14(16)10-15-7-3-4-8-17-15/h1-8,14,16,18H,9-11H2/t14-,16+/m0/s1. The topological polar surface area (TPSA) is 33.1 Å². The van der Waals surface area contributed by atoms with Crippen molar-refractivity contribution in [2.45, 2.75) is 25.4 Å². The summed E-state index contributed by atoms with van der Waals surface area (Å²) in [7, 11) is 0. The zero-order valence-electron chi connectivity index (χ0n) is 10.3.